The highest BCUT2D eigenvalue weighted by molar-refractivity contribution is 5.85. The summed E-state index contributed by atoms with van der Waals surface area (Å²) < 4.78 is 4.17. The van der Waals surface area contributed by atoms with Gasteiger partial charge in [-0.1, -0.05) is 12.6 Å². The number of pyridine rings is 1. The van der Waals surface area contributed by atoms with E-state index in [0.717, 1.165) is 6.26 Å². The molecule has 1 rings (SSSR count). The van der Waals surface area contributed by atoms with E-state index in [9.17, 15) is 9.59 Å². The van der Waals surface area contributed by atoms with Gasteiger partial charge in [0, 0.05) is 13.1 Å². The Balaban J connectivity index is 0.000000288. The molecule has 0 aliphatic heterocycles. The Morgan fingerprint density at radius 2 is 2.20 bits per heavy atom. The summed E-state index contributed by atoms with van der Waals surface area (Å²) in [6, 6.07) is 4.76. The molecule has 1 heterocycles. The van der Waals surface area contributed by atoms with E-state index in [4.69, 9.17) is 5.11 Å². The zero-order valence-electron chi connectivity index (χ0n) is 8.21. The third-order valence-electron chi connectivity index (χ3n) is 1.13. The number of esters is 1. The Bertz CT molecular complexity index is 335. The Morgan fingerprint density at radius 3 is 2.40 bits per heavy atom. The summed E-state index contributed by atoms with van der Waals surface area (Å²) in [5.41, 5.74) is 0.0810. The number of aromatic carboxylic acids is 1. The largest absolute Gasteiger partial charge is 0.477 e. The van der Waals surface area contributed by atoms with Crippen LogP contribution >= 0.6 is 0 Å². The lowest BCUT2D eigenvalue weighted by atomic mass is 10.4. The molecular formula is C10H11NO4. The van der Waals surface area contributed by atoms with E-state index < -0.39 is 5.97 Å². The fourth-order valence-electron chi connectivity index (χ4n) is 0.607. The van der Waals surface area contributed by atoms with Crippen molar-refractivity contribution in [1.29, 1.82) is 0 Å². The summed E-state index contributed by atoms with van der Waals surface area (Å²) in [7, 11) is 0. The Morgan fingerprint density at radius 1 is 1.53 bits per heavy atom. The number of ether oxygens (including phenoxy) is 1. The van der Waals surface area contributed by atoms with Crippen LogP contribution in [0.3, 0.4) is 0 Å². The van der Waals surface area contributed by atoms with Gasteiger partial charge in [0.2, 0.25) is 0 Å². The standard InChI is InChI=1S/C6H5NO2.C4H6O2/c8-6(9)5-3-1-2-4-7-5;1-3-6-4(2)5/h1-4H,(H,8,9);3H,1H2,2H3. The second-order valence-corrected chi connectivity index (χ2v) is 2.30. The van der Waals surface area contributed by atoms with E-state index in [-0.39, 0.29) is 11.7 Å². The fraction of sp³-hybridized carbons (Fsp3) is 0.100. The molecule has 0 saturated carbocycles. The SMILES string of the molecule is C=COC(C)=O.O=C(O)c1ccccn1. The molecule has 5 nitrogen and oxygen atoms in total. The normalized spacial score (nSPS) is 8.07. The van der Waals surface area contributed by atoms with Gasteiger partial charge < -0.3 is 9.84 Å². The van der Waals surface area contributed by atoms with Crippen LogP contribution in [0, 0.1) is 0 Å². The lowest BCUT2D eigenvalue weighted by Gasteiger charge is -1.87. The van der Waals surface area contributed by atoms with Crippen LogP contribution in [-0.4, -0.2) is 22.0 Å². The summed E-state index contributed by atoms with van der Waals surface area (Å²) >= 11 is 0. The minimum absolute atomic E-state index is 0.0810. The molecule has 1 aromatic rings. The smallest absolute Gasteiger partial charge is 0.354 e. The van der Waals surface area contributed by atoms with Crippen LogP contribution in [0.1, 0.15) is 17.4 Å². The molecule has 0 spiro atoms. The number of carbonyl (C=O) groups excluding carboxylic acids is 1. The zero-order valence-corrected chi connectivity index (χ0v) is 8.21. The molecule has 0 bridgehead atoms. The van der Waals surface area contributed by atoms with E-state index in [1.807, 2.05) is 0 Å². The number of carbonyl (C=O) groups is 2. The maximum absolute atomic E-state index is 10.1. The molecule has 0 radical (unpaired) electrons. The van der Waals surface area contributed by atoms with E-state index >= 15 is 0 Å². The Kier molecular flexibility index (Phi) is 6.20. The summed E-state index contributed by atoms with van der Waals surface area (Å²) in [6.45, 7) is 4.48. The van der Waals surface area contributed by atoms with E-state index in [1.165, 1.54) is 19.2 Å². The van der Waals surface area contributed by atoms with Crippen LogP contribution in [0.4, 0.5) is 0 Å². The average molecular weight is 209 g/mol. The van der Waals surface area contributed by atoms with Crippen molar-refractivity contribution in [2.45, 2.75) is 6.92 Å². The second kappa shape index (κ2) is 7.25. The quantitative estimate of drug-likeness (QED) is 0.589. The highest BCUT2D eigenvalue weighted by Crippen LogP contribution is 1.90. The van der Waals surface area contributed by atoms with Crippen molar-refractivity contribution in [1.82, 2.24) is 4.98 Å². The van der Waals surface area contributed by atoms with Gasteiger partial charge in [0.15, 0.2) is 0 Å². The van der Waals surface area contributed by atoms with E-state index in [1.54, 1.807) is 12.1 Å². The Labute approximate surface area is 87.0 Å². The van der Waals surface area contributed by atoms with Crippen molar-refractivity contribution in [3.8, 4) is 0 Å². The Hall–Kier alpha value is -2.17. The van der Waals surface area contributed by atoms with Crippen molar-refractivity contribution in [3.63, 3.8) is 0 Å². The number of rotatable bonds is 2. The molecule has 1 aromatic heterocycles. The highest BCUT2D eigenvalue weighted by Gasteiger charge is 1.98. The average Bonchev–Trinajstić information content (AvgIpc) is 2.20. The molecule has 0 atom stereocenters. The molecule has 80 valence electrons. The molecule has 0 unspecified atom stereocenters. The topological polar surface area (TPSA) is 76.5 Å². The van der Waals surface area contributed by atoms with E-state index in [2.05, 4.69) is 16.3 Å². The first-order chi connectivity index (χ1) is 7.07. The monoisotopic (exact) mass is 209 g/mol. The number of nitrogens with zero attached hydrogens (tertiary/aromatic N) is 1. The fourth-order valence-corrected chi connectivity index (χ4v) is 0.607. The first kappa shape index (κ1) is 12.8. The van der Waals surface area contributed by atoms with Crippen LogP contribution in [0.25, 0.3) is 0 Å². The van der Waals surface area contributed by atoms with E-state index in [0.29, 0.717) is 0 Å². The van der Waals surface area contributed by atoms with Gasteiger partial charge in [0.25, 0.3) is 0 Å². The zero-order chi connectivity index (χ0) is 11.7. The predicted molar refractivity (Wildman–Crippen MR) is 53.2 cm³/mol. The van der Waals surface area contributed by atoms with Crippen molar-refractivity contribution in [3.05, 3.63) is 42.9 Å². The number of carboxylic acid groups (broad SMARTS) is 1. The first-order valence-electron chi connectivity index (χ1n) is 4.00. The minimum atomic E-state index is -0.990. The summed E-state index contributed by atoms with van der Waals surface area (Å²) in [6.07, 6.45) is 2.55. The van der Waals surface area contributed by atoms with Gasteiger partial charge in [-0.25, -0.2) is 9.78 Å². The molecule has 0 fully saturated rings. The van der Waals surface area contributed by atoms with Gasteiger partial charge in [-0.2, -0.15) is 0 Å². The first-order valence-corrected chi connectivity index (χ1v) is 4.00. The van der Waals surface area contributed by atoms with Crippen LogP contribution in [-0.2, 0) is 9.53 Å². The van der Waals surface area contributed by atoms with Crippen molar-refractivity contribution >= 4 is 11.9 Å². The van der Waals surface area contributed by atoms with Gasteiger partial charge >= 0.3 is 11.9 Å². The van der Waals surface area contributed by atoms with Gasteiger partial charge in [-0.3, -0.25) is 4.79 Å². The van der Waals surface area contributed by atoms with Gasteiger partial charge in [0.05, 0.1) is 6.26 Å². The third-order valence-corrected chi connectivity index (χ3v) is 1.13. The number of hydrogen-bond donors (Lipinski definition) is 1. The van der Waals surface area contributed by atoms with Crippen LogP contribution in [0.5, 0.6) is 0 Å². The van der Waals surface area contributed by atoms with Crippen molar-refractivity contribution in [2.24, 2.45) is 0 Å². The maximum Gasteiger partial charge on any atom is 0.354 e. The number of hydrogen-bond acceptors (Lipinski definition) is 4. The summed E-state index contributed by atoms with van der Waals surface area (Å²) in [4.78, 5) is 23.5. The maximum atomic E-state index is 10.1. The highest BCUT2D eigenvalue weighted by atomic mass is 16.5. The van der Waals surface area contributed by atoms with Crippen molar-refractivity contribution in [2.75, 3.05) is 0 Å². The van der Waals surface area contributed by atoms with Crippen LogP contribution in [0.2, 0.25) is 0 Å². The van der Waals surface area contributed by atoms with Gasteiger partial charge in [-0.15, -0.1) is 0 Å². The molecule has 0 saturated heterocycles. The molecular weight excluding hydrogens is 198 g/mol. The minimum Gasteiger partial charge on any atom is -0.477 e. The third kappa shape index (κ3) is 6.94. The summed E-state index contributed by atoms with van der Waals surface area (Å²) in [5.74, 6) is -1.32. The second-order valence-electron chi connectivity index (χ2n) is 2.30. The summed E-state index contributed by atoms with van der Waals surface area (Å²) in [5, 5.41) is 8.32. The lowest BCUT2D eigenvalue weighted by Crippen LogP contribution is -1.97. The molecule has 5 heteroatoms. The predicted octanol–water partition coefficient (Wildman–Crippen LogP) is 1.47. The molecule has 0 aromatic carbocycles. The van der Waals surface area contributed by atoms with Gasteiger partial charge in [0.1, 0.15) is 5.69 Å². The molecule has 0 aliphatic rings. The molecule has 0 amide bonds. The molecule has 1 N–H and O–H groups in total. The van der Waals surface area contributed by atoms with Crippen molar-refractivity contribution < 1.29 is 19.4 Å². The number of aromatic nitrogens is 1. The van der Waals surface area contributed by atoms with Gasteiger partial charge in [-0.05, 0) is 12.1 Å². The lowest BCUT2D eigenvalue weighted by molar-refractivity contribution is -0.135. The molecule has 15 heavy (non-hydrogen) atoms. The number of carboxylic acids is 1. The molecule has 0 aliphatic carbocycles. The van der Waals surface area contributed by atoms with Crippen LogP contribution < -0.4 is 0 Å². The van der Waals surface area contributed by atoms with Crippen LogP contribution in [0.15, 0.2) is 37.2 Å².